The second kappa shape index (κ2) is 20.6. The van der Waals surface area contributed by atoms with E-state index in [4.69, 9.17) is 15.6 Å². The molecule has 2 aromatic heterocycles. The fourth-order valence-corrected chi connectivity index (χ4v) is 7.56. The number of esters is 1. The van der Waals surface area contributed by atoms with Crippen molar-refractivity contribution in [1.82, 2.24) is 30.6 Å². The number of anilines is 2. The summed E-state index contributed by atoms with van der Waals surface area (Å²) in [5.41, 5.74) is 6.58. The smallest absolute Gasteiger partial charge is 0.326 e. The zero-order valence-electron chi connectivity index (χ0n) is 27.7. The zero-order chi connectivity index (χ0) is 36.5. The van der Waals surface area contributed by atoms with Crippen LogP contribution >= 0.6 is 35.3 Å². The second-order valence-electron chi connectivity index (χ2n) is 11.1. The van der Waals surface area contributed by atoms with E-state index in [1.165, 1.54) is 18.3 Å². The number of hydrogen-bond acceptors (Lipinski definition) is 15. The Labute approximate surface area is 301 Å². The Bertz CT molecular complexity index is 1660. The van der Waals surface area contributed by atoms with Crippen LogP contribution in [0.2, 0.25) is 0 Å². The van der Waals surface area contributed by atoms with Crippen LogP contribution < -0.4 is 27.2 Å². The number of nitrogens with one attached hydrogen (secondary N) is 4. The number of nitrogens with zero attached hydrogens (tertiary/aromatic N) is 3. The van der Waals surface area contributed by atoms with Crippen LogP contribution in [-0.4, -0.2) is 107 Å². The van der Waals surface area contributed by atoms with Crippen LogP contribution in [0.1, 0.15) is 49.2 Å². The first kappa shape index (κ1) is 40.4. The number of aliphatic hydroxyl groups excluding tert-OH is 1. The van der Waals surface area contributed by atoms with Gasteiger partial charge in [-0.25, -0.2) is 14.8 Å². The number of carboxylic acids is 1. The molecule has 0 aliphatic heterocycles. The van der Waals surface area contributed by atoms with Crippen LogP contribution in [0.25, 0.3) is 11.2 Å². The largest absolute Gasteiger partial charge is 0.480 e. The van der Waals surface area contributed by atoms with Gasteiger partial charge in [0, 0.05) is 47.2 Å². The number of aromatic amines is 1. The number of rotatable bonds is 22. The first-order valence-electron chi connectivity index (χ1n) is 15.6. The molecule has 0 fully saturated rings. The maximum absolute atomic E-state index is 12.8. The van der Waals surface area contributed by atoms with Crippen molar-refractivity contribution in [3.63, 3.8) is 0 Å². The van der Waals surface area contributed by atoms with Crippen LogP contribution in [0, 0.1) is 0 Å². The highest BCUT2D eigenvalue weighted by molar-refractivity contribution is 8.18. The third-order valence-corrected chi connectivity index (χ3v) is 10.9. The van der Waals surface area contributed by atoms with Crippen LogP contribution in [0.4, 0.5) is 11.6 Å². The number of thioether (sulfide) groups is 3. The topological polar surface area (TPSA) is 252 Å². The second-order valence-corrected chi connectivity index (χ2v) is 16.0. The number of aliphatic hydroxyl groups is 1. The normalized spacial score (nSPS) is 11.9. The Kier molecular flexibility index (Phi) is 16.6. The van der Waals surface area contributed by atoms with Crippen molar-refractivity contribution in [3.8, 4) is 0 Å². The summed E-state index contributed by atoms with van der Waals surface area (Å²) in [5.74, 6) is 0.604. The van der Waals surface area contributed by atoms with Gasteiger partial charge in [0.05, 0.1) is 35.5 Å². The molecule has 0 saturated heterocycles. The van der Waals surface area contributed by atoms with Crippen molar-refractivity contribution in [1.29, 1.82) is 0 Å². The number of amides is 2. The van der Waals surface area contributed by atoms with E-state index in [0.29, 0.717) is 35.9 Å². The standard InChI is InChI=1S/C31H42N8O8S3/c1-31(2,50-16-15-48-13-9-24(42)47-12-11-40)49-14-10-33-23(41)8-7-22(29(45)46)37-27(43)19-3-5-20(6-4-19)34-17-21-18-35-26-25(36-21)28(44)39-30(32)38-26/h3-6,18,22,34,40H,7-17H2,1-2H3,(H,33,41)(H,37,43)(H,45,46)(H3,32,35,38,39,44). The summed E-state index contributed by atoms with van der Waals surface area (Å²) in [4.78, 5) is 75.2. The first-order valence-corrected chi connectivity index (χ1v) is 18.8. The zero-order valence-corrected chi connectivity index (χ0v) is 30.2. The van der Waals surface area contributed by atoms with Crippen LogP contribution in [0.3, 0.4) is 0 Å². The van der Waals surface area contributed by atoms with Crippen LogP contribution in [-0.2, 0) is 25.7 Å². The van der Waals surface area contributed by atoms with E-state index in [0.717, 1.165) is 11.5 Å². The van der Waals surface area contributed by atoms with E-state index in [-0.39, 0.29) is 71.2 Å². The Morgan fingerprint density at radius 3 is 2.50 bits per heavy atom. The maximum Gasteiger partial charge on any atom is 0.326 e. The molecule has 0 bridgehead atoms. The number of benzene rings is 1. The molecule has 0 aliphatic rings. The Morgan fingerprint density at radius 2 is 1.78 bits per heavy atom. The summed E-state index contributed by atoms with van der Waals surface area (Å²) < 4.78 is 4.74. The van der Waals surface area contributed by atoms with Gasteiger partial charge in [-0.05, 0) is 44.5 Å². The van der Waals surface area contributed by atoms with E-state index < -0.39 is 23.5 Å². The number of nitrogen functional groups attached to an aromatic ring is 1. The summed E-state index contributed by atoms with van der Waals surface area (Å²) in [5, 5.41) is 26.7. The van der Waals surface area contributed by atoms with Crippen LogP contribution in [0.5, 0.6) is 0 Å². The Balaban J connectivity index is 1.33. The van der Waals surface area contributed by atoms with Gasteiger partial charge in [-0.3, -0.25) is 24.2 Å². The minimum atomic E-state index is -1.25. The van der Waals surface area contributed by atoms with Crippen molar-refractivity contribution in [2.24, 2.45) is 0 Å². The average Bonchev–Trinajstić information content (AvgIpc) is 3.08. The van der Waals surface area contributed by atoms with E-state index in [1.807, 2.05) is 0 Å². The lowest BCUT2D eigenvalue weighted by Crippen LogP contribution is -2.41. The fourth-order valence-electron chi connectivity index (χ4n) is 4.22. The molecule has 0 radical (unpaired) electrons. The quantitative estimate of drug-likeness (QED) is 0.0440. The Morgan fingerprint density at radius 1 is 1.04 bits per heavy atom. The molecule has 50 heavy (non-hydrogen) atoms. The molecule has 16 nitrogen and oxygen atoms in total. The SMILES string of the molecule is CC(C)(SCCNC(=O)CCC(NC(=O)c1ccc(NCc2cnc3nc(N)[nH]c(=O)c3n2)cc1)C(=O)O)SCCSCCC(=O)OCCO. The van der Waals surface area contributed by atoms with Gasteiger partial charge in [0.25, 0.3) is 11.5 Å². The van der Waals surface area contributed by atoms with Gasteiger partial charge in [-0.2, -0.15) is 16.7 Å². The highest BCUT2D eigenvalue weighted by atomic mass is 32.2. The number of aliphatic carboxylic acids is 1. The number of H-pyrrole nitrogens is 1. The van der Waals surface area contributed by atoms with Gasteiger partial charge < -0.3 is 36.6 Å². The van der Waals surface area contributed by atoms with Crippen molar-refractivity contribution in [3.05, 3.63) is 52.1 Å². The van der Waals surface area contributed by atoms with Crippen molar-refractivity contribution < 1.29 is 34.1 Å². The van der Waals surface area contributed by atoms with E-state index in [9.17, 15) is 29.1 Å². The predicted molar refractivity (Wildman–Crippen MR) is 196 cm³/mol. The van der Waals surface area contributed by atoms with Gasteiger partial charge >= 0.3 is 11.9 Å². The minimum absolute atomic E-state index is 0.0258. The molecule has 1 atom stereocenters. The third-order valence-electron chi connectivity index (χ3n) is 6.73. The highest BCUT2D eigenvalue weighted by Crippen LogP contribution is 2.36. The van der Waals surface area contributed by atoms with Gasteiger partial charge in [0.15, 0.2) is 11.2 Å². The molecular formula is C31H42N8O8S3. The van der Waals surface area contributed by atoms with E-state index >= 15 is 0 Å². The van der Waals surface area contributed by atoms with E-state index in [1.54, 1.807) is 47.4 Å². The summed E-state index contributed by atoms with van der Waals surface area (Å²) in [6, 6.07) is 5.09. The van der Waals surface area contributed by atoms with Crippen molar-refractivity contribution in [2.75, 3.05) is 53.8 Å². The maximum atomic E-state index is 12.8. The Hall–Kier alpha value is -4.07. The predicted octanol–water partition coefficient (Wildman–Crippen LogP) is 1.85. The highest BCUT2D eigenvalue weighted by Gasteiger charge is 2.22. The van der Waals surface area contributed by atoms with Gasteiger partial charge in [0.2, 0.25) is 11.9 Å². The van der Waals surface area contributed by atoms with Crippen molar-refractivity contribution >= 4 is 81.8 Å². The summed E-state index contributed by atoms with van der Waals surface area (Å²) >= 11 is 5.15. The molecule has 1 unspecified atom stereocenters. The lowest BCUT2D eigenvalue weighted by atomic mass is 10.1. The molecular weight excluding hydrogens is 709 g/mol. The molecule has 0 aliphatic carbocycles. The summed E-state index contributed by atoms with van der Waals surface area (Å²) in [7, 11) is 0. The molecule has 2 heterocycles. The van der Waals surface area contributed by atoms with E-state index in [2.05, 4.69) is 49.7 Å². The third kappa shape index (κ3) is 14.4. The molecule has 3 rings (SSSR count). The first-order chi connectivity index (χ1) is 23.9. The molecule has 8 N–H and O–H groups in total. The number of nitrogens with two attached hydrogens (primary N) is 1. The lowest BCUT2D eigenvalue weighted by molar-refractivity contribution is -0.144. The van der Waals surface area contributed by atoms with Crippen LogP contribution in [0.15, 0.2) is 35.3 Å². The number of ether oxygens (including phenoxy) is 1. The number of carbonyl (C=O) groups excluding carboxylic acids is 3. The number of carboxylic acid groups (broad SMARTS) is 1. The van der Waals surface area contributed by atoms with Gasteiger partial charge in [-0.15, -0.1) is 23.5 Å². The lowest BCUT2D eigenvalue weighted by Gasteiger charge is -2.23. The number of carbonyl (C=O) groups is 4. The molecule has 2 amide bonds. The number of fused-ring (bicyclic) bond motifs is 1. The molecule has 0 saturated carbocycles. The minimum Gasteiger partial charge on any atom is -0.480 e. The van der Waals surface area contributed by atoms with Gasteiger partial charge in [-0.1, -0.05) is 0 Å². The monoisotopic (exact) mass is 750 g/mol. The fraction of sp³-hybridized carbons (Fsp3) is 0.484. The summed E-state index contributed by atoms with van der Waals surface area (Å²) in [6.45, 7) is 4.70. The summed E-state index contributed by atoms with van der Waals surface area (Å²) in [6.07, 6.45) is 1.63. The molecule has 3 aromatic rings. The van der Waals surface area contributed by atoms with Crippen molar-refractivity contribution in [2.45, 2.75) is 49.8 Å². The molecule has 1 aromatic carbocycles. The number of aromatic nitrogens is 4. The molecule has 0 spiro atoms. The average molecular weight is 751 g/mol. The van der Waals surface area contributed by atoms with Gasteiger partial charge in [0.1, 0.15) is 12.6 Å². The number of hydrogen-bond donors (Lipinski definition) is 7. The molecule has 19 heteroatoms. The molecule has 272 valence electrons.